The third-order valence-electron chi connectivity index (χ3n) is 4.48. The topological polar surface area (TPSA) is 43.2 Å². The maximum absolute atomic E-state index is 12.3. The standard InChI is InChI=1S/C17H19F3N2O3/c1-12(8-16(23)17(18,19)20)22-6-4-21(5-7-22)10-13-2-3-14-15(9-13)25-11-24-14/h2-3,8-9H,4-7,10-11H2,1H3/p+1/b12-8+. The highest BCUT2D eigenvalue weighted by Crippen LogP contribution is 2.32. The number of benzene rings is 1. The summed E-state index contributed by atoms with van der Waals surface area (Å²) in [6, 6.07) is 5.86. The van der Waals surface area contributed by atoms with Crippen molar-refractivity contribution in [1.29, 1.82) is 0 Å². The van der Waals surface area contributed by atoms with Gasteiger partial charge in [-0.2, -0.15) is 13.2 Å². The molecule has 8 heteroatoms. The summed E-state index contributed by atoms with van der Waals surface area (Å²) in [5.74, 6) is -0.307. The first-order chi connectivity index (χ1) is 11.8. The fraction of sp³-hybridized carbons (Fsp3) is 0.471. The van der Waals surface area contributed by atoms with Gasteiger partial charge in [0.05, 0.1) is 26.2 Å². The molecule has 0 amide bonds. The van der Waals surface area contributed by atoms with Crippen LogP contribution in [0.5, 0.6) is 11.5 Å². The molecule has 3 rings (SSSR count). The Morgan fingerprint density at radius 2 is 1.92 bits per heavy atom. The Morgan fingerprint density at radius 1 is 1.24 bits per heavy atom. The zero-order chi connectivity index (χ0) is 18.0. The number of carbonyl (C=O) groups excluding carboxylic acids is 1. The van der Waals surface area contributed by atoms with Crippen molar-refractivity contribution in [3.63, 3.8) is 0 Å². The molecule has 136 valence electrons. The SMILES string of the molecule is C/C(=C\C(=O)C(F)(F)F)N1CC[NH+](Cc2ccc3c(c2)OCO3)CC1. The number of rotatable bonds is 4. The van der Waals surface area contributed by atoms with Crippen LogP contribution in [0.2, 0.25) is 0 Å². The number of allylic oxidation sites excluding steroid dienone is 2. The van der Waals surface area contributed by atoms with Crippen LogP contribution < -0.4 is 14.4 Å². The van der Waals surface area contributed by atoms with Crippen molar-refractivity contribution >= 4 is 5.78 Å². The van der Waals surface area contributed by atoms with E-state index in [-0.39, 0.29) is 6.79 Å². The van der Waals surface area contributed by atoms with Crippen LogP contribution in [0, 0.1) is 0 Å². The molecule has 0 aromatic heterocycles. The number of hydrogen-bond acceptors (Lipinski definition) is 4. The van der Waals surface area contributed by atoms with Gasteiger partial charge in [0.25, 0.3) is 5.78 Å². The van der Waals surface area contributed by atoms with Crippen molar-refractivity contribution < 1.29 is 32.3 Å². The van der Waals surface area contributed by atoms with Crippen LogP contribution in [0.4, 0.5) is 13.2 Å². The highest BCUT2D eigenvalue weighted by Gasteiger charge is 2.37. The number of nitrogens with zero attached hydrogens (tertiary/aromatic N) is 1. The molecule has 1 N–H and O–H groups in total. The van der Waals surface area contributed by atoms with Gasteiger partial charge in [0.1, 0.15) is 6.54 Å². The number of quaternary nitrogens is 1. The predicted molar refractivity (Wildman–Crippen MR) is 83.4 cm³/mol. The molecular formula is C17H20F3N2O3+. The maximum Gasteiger partial charge on any atom is 0.454 e. The van der Waals surface area contributed by atoms with Crippen LogP contribution in [0.25, 0.3) is 0 Å². The maximum atomic E-state index is 12.3. The van der Waals surface area contributed by atoms with Gasteiger partial charge in [-0.1, -0.05) is 0 Å². The molecule has 0 aliphatic carbocycles. The number of ketones is 1. The number of alkyl halides is 3. The van der Waals surface area contributed by atoms with Crippen molar-refractivity contribution in [2.24, 2.45) is 0 Å². The van der Waals surface area contributed by atoms with E-state index in [9.17, 15) is 18.0 Å². The molecule has 5 nitrogen and oxygen atoms in total. The van der Waals surface area contributed by atoms with Crippen molar-refractivity contribution in [2.45, 2.75) is 19.6 Å². The smallest absolute Gasteiger partial charge is 0.454 e. The summed E-state index contributed by atoms with van der Waals surface area (Å²) in [5.41, 5.74) is 1.50. The van der Waals surface area contributed by atoms with E-state index in [0.29, 0.717) is 24.9 Å². The van der Waals surface area contributed by atoms with Gasteiger partial charge in [-0.3, -0.25) is 4.79 Å². The van der Waals surface area contributed by atoms with Crippen LogP contribution in [-0.4, -0.2) is 49.8 Å². The van der Waals surface area contributed by atoms with E-state index in [1.54, 1.807) is 6.92 Å². The Hall–Kier alpha value is -2.22. The lowest BCUT2D eigenvalue weighted by molar-refractivity contribution is -0.917. The van der Waals surface area contributed by atoms with Gasteiger partial charge >= 0.3 is 6.18 Å². The summed E-state index contributed by atoms with van der Waals surface area (Å²) >= 11 is 0. The number of piperazine rings is 1. The molecule has 25 heavy (non-hydrogen) atoms. The van der Waals surface area contributed by atoms with Gasteiger partial charge in [0.2, 0.25) is 6.79 Å². The van der Waals surface area contributed by atoms with E-state index in [1.807, 2.05) is 23.1 Å². The van der Waals surface area contributed by atoms with E-state index in [2.05, 4.69) is 0 Å². The second-order valence-electron chi connectivity index (χ2n) is 6.25. The van der Waals surface area contributed by atoms with Crippen LogP contribution >= 0.6 is 0 Å². The lowest BCUT2D eigenvalue weighted by atomic mass is 10.1. The second-order valence-corrected chi connectivity index (χ2v) is 6.25. The molecule has 1 fully saturated rings. The third kappa shape index (κ3) is 4.25. The monoisotopic (exact) mass is 357 g/mol. The molecule has 1 aromatic rings. The Kier molecular flexibility index (Phi) is 4.89. The van der Waals surface area contributed by atoms with Gasteiger partial charge in [-0.05, 0) is 25.1 Å². The minimum atomic E-state index is -4.81. The van der Waals surface area contributed by atoms with Gasteiger partial charge in [0, 0.05) is 17.3 Å². The number of fused-ring (bicyclic) bond motifs is 1. The minimum absolute atomic E-state index is 0.243. The van der Waals surface area contributed by atoms with Crippen LogP contribution in [-0.2, 0) is 11.3 Å². The summed E-state index contributed by atoms with van der Waals surface area (Å²) < 4.78 is 47.7. The molecule has 0 bridgehead atoms. The quantitative estimate of drug-likeness (QED) is 0.821. The van der Waals surface area contributed by atoms with Gasteiger partial charge in [-0.25, -0.2) is 0 Å². The largest absolute Gasteiger partial charge is 0.454 e. The van der Waals surface area contributed by atoms with E-state index in [4.69, 9.17) is 9.47 Å². The molecule has 0 unspecified atom stereocenters. The van der Waals surface area contributed by atoms with E-state index in [0.717, 1.165) is 36.7 Å². The molecule has 0 radical (unpaired) electrons. The summed E-state index contributed by atoms with van der Waals surface area (Å²) in [5, 5.41) is 0. The number of carbonyl (C=O) groups is 1. The molecular weight excluding hydrogens is 337 g/mol. The third-order valence-corrected chi connectivity index (χ3v) is 4.48. The van der Waals surface area contributed by atoms with Crippen molar-refractivity contribution in [3.05, 3.63) is 35.5 Å². The first kappa shape index (κ1) is 17.6. The summed E-state index contributed by atoms with van der Waals surface area (Å²) in [7, 11) is 0. The summed E-state index contributed by atoms with van der Waals surface area (Å²) in [6.45, 7) is 5.42. The molecule has 0 spiro atoms. The van der Waals surface area contributed by atoms with E-state index in [1.165, 1.54) is 4.90 Å². The van der Waals surface area contributed by atoms with Gasteiger partial charge in [0.15, 0.2) is 11.5 Å². The highest BCUT2D eigenvalue weighted by molar-refractivity contribution is 5.94. The zero-order valence-electron chi connectivity index (χ0n) is 13.9. The zero-order valence-corrected chi connectivity index (χ0v) is 13.9. The first-order valence-corrected chi connectivity index (χ1v) is 8.09. The molecule has 0 saturated carbocycles. The van der Waals surface area contributed by atoms with Crippen LogP contribution in [0.1, 0.15) is 12.5 Å². The van der Waals surface area contributed by atoms with E-state index >= 15 is 0 Å². The minimum Gasteiger partial charge on any atom is -0.454 e. The average molecular weight is 357 g/mol. The number of ether oxygens (including phenoxy) is 2. The molecule has 2 aliphatic heterocycles. The Morgan fingerprint density at radius 3 is 2.60 bits per heavy atom. The van der Waals surface area contributed by atoms with Crippen molar-refractivity contribution in [3.8, 4) is 11.5 Å². The lowest BCUT2D eigenvalue weighted by Gasteiger charge is -2.34. The fourth-order valence-corrected chi connectivity index (χ4v) is 3.05. The van der Waals surface area contributed by atoms with Gasteiger partial charge in [-0.15, -0.1) is 0 Å². The molecule has 2 heterocycles. The number of halogens is 3. The Bertz CT molecular complexity index is 680. The van der Waals surface area contributed by atoms with Crippen LogP contribution in [0.15, 0.2) is 30.0 Å². The Balaban J connectivity index is 1.53. The molecule has 0 atom stereocenters. The van der Waals surface area contributed by atoms with Crippen molar-refractivity contribution in [1.82, 2.24) is 4.90 Å². The second kappa shape index (κ2) is 6.95. The number of hydrogen-bond donors (Lipinski definition) is 1. The predicted octanol–water partition coefficient (Wildman–Crippen LogP) is 1.15. The average Bonchev–Trinajstić information content (AvgIpc) is 3.02. The normalized spacial score (nSPS) is 18.6. The van der Waals surface area contributed by atoms with Crippen molar-refractivity contribution in [2.75, 3.05) is 33.0 Å². The lowest BCUT2D eigenvalue weighted by Crippen LogP contribution is -3.13. The highest BCUT2D eigenvalue weighted by atomic mass is 19.4. The Labute approximate surface area is 143 Å². The van der Waals surface area contributed by atoms with Crippen LogP contribution in [0.3, 0.4) is 0 Å². The first-order valence-electron chi connectivity index (χ1n) is 8.09. The fourth-order valence-electron chi connectivity index (χ4n) is 3.05. The summed E-state index contributed by atoms with van der Waals surface area (Å²) in [4.78, 5) is 14.2. The molecule has 1 aromatic carbocycles. The molecule has 2 aliphatic rings. The van der Waals surface area contributed by atoms with Gasteiger partial charge < -0.3 is 19.3 Å². The number of nitrogens with one attached hydrogen (secondary N) is 1. The molecule has 1 saturated heterocycles. The van der Waals surface area contributed by atoms with E-state index < -0.39 is 12.0 Å². The summed E-state index contributed by atoms with van der Waals surface area (Å²) in [6.07, 6.45) is -4.13.